The summed E-state index contributed by atoms with van der Waals surface area (Å²) < 4.78 is 24.8. The van der Waals surface area contributed by atoms with Crippen LogP contribution >= 0.6 is 15.9 Å². The van der Waals surface area contributed by atoms with Crippen molar-refractivity contribution in [2.75, 3.05) is 39.9 Å². The zero-order valence-corrected chi connectivity index (χ0v) is 18.4. The Bertz CT molecular complexity index is 845. The summed E-state index contributed by atoms with van der Waals surface area (Å²) in [7, 11) is 1.57. The van der Waals surface area contributed by atoms with Gasteiger partial charge in [-0.2, -0.15) is 0 Å². The first-order valence-corrected chi connectivity index (χ1v) is 10.6. The van der Waals surface area contributed by atoms with Crippen LogP contribution in [0.15, 0.2) is 40.9 Å². The number of rotatable bonds is 6. The van der Waals surface area contributed by atoms with E-state index >= 15 is 0 Å². The minimum atomic E-state index is -0.224. The summed E-state index contributed by atoms with van der Waals surface area (Å²) in [4.78, 5) is 17.3. The van der Waals surface area contributed by atoms with Crippen LogP contribution in [0.25, 0.3) is 0 Å². The minimum absolute atomic E-state index is 0.0179. The van der Waals surface area contributed by atoms with Gasteiger partial charge in [-0.1, -0.05) is 12.1 Å². The van der Waals surface area contributed by atoms with Crippen LogP contribution in [0.3, 0.4) is 0 Å². The van der Waals surface area contributed by atoms with Crippen LogP contribution < -0.4 is 9.47 Å². The van der Waals surface area contributed by atoms with Gasteiger partial charge in [0.15, 0.2) is 11.5 Å². The van der Waals surface area contributed by atoms with Crippen molar-refractivity contribution in [2.45, 2.75) is 19.9 Å². The molecule has 1 amide bonds. The molecule has 0 spiro atoms. The number of hydrogen-bond acceptors (Lipinski definition) is 4. The molecule has 2 aromatic rings. The Morgan fingerprint density at radius 1 is 1.14 bits per heavy atom. The molecule has 1 fully saturated rings. The summed E-state index contributed by atoms with van der Waals surface area (Å²) in [6.07, 6.45) is 0.891. The second kappa shape index (κ2) is 10.1. The molecule has 2 aromatic carbocycles. The molecular formula is C22H26BrFN2O3. The average Bonchev–Trinajstić information content (AvgIpc) is 2.96. The zero-order chi connectivity index (χ0) is 20.8. The van der Waals surface area contributed by atoms with Crippen molar-refractivity contribution in [2.24, 2.45) is 0 Å². The molecule has 1 saturated heterocycles. The number of amides is 1. The number of hydrogen-bond donors (Lipinski definition) is 0. The topological polar surface area (TPSA) is 42.0 Å². The zero-order valence-electron chi connectivity index (χ0n) is 16.8. The molecular weight excluding hydrogens is 439 g/mol. The van der Waals surface area contributed by atoms with Crippen LogP contribution in [-0.2, 0) is 6.54 Å². The Kier molecular flexibility index (Phi) is 7.50. The van der Waals surface area contributed by atoms with Crippen LogP contribution in [-0.4, -0.2) is 55.6 Å². The predicted octanol–water partition coefficient (Wildman–Crippen LogP) is 4.34. The maximum Gasteiger partial charge on any atom is 0.254 e. The quantitative estimate of drug-likeness (QED) is 0.637. The second-order valence-electron chi connectivity index (χ2n) is 6.97. The number of methoxy groups -OCH3 is 1. The lowest BCUT2D eigenvalue weighted by atomic mass is 10.1. The minimum Gasteiger partial charge on any atom is -0.493 e. The van der Waals surface area contributed by atoms with Gasteiger partial charge in [0.1, 0.15) is 5.82 Å². The number of nitrogens with zero attached hydrogens (tertiary/aromatic N) is 2. The molecule has 0 unspecified atom stereocenters. The van der Waals surface area contributed by atoms with Crippen molar-refractivity contribution < 1.29 is 18.7 Å². The van der Waals surface area contributed by atoms with Gasteiger partial charge in [0.2, 0.25) is 0 Å². The molecule has 5 nitrogen and oxygen atoms in total. The van der Waals surface area contributed by atoms with Gasteiger partial charge in [-0.15, -0.1) is 0 Å². The molecule has 3 rings (SSSR count). The van der Waals surface area contributed by atoms with Crippen LogP contribution in [0.4, 0.5) is 4.39 Å². The van der Waals surface area contributed by atoms with Crippen molar-refractivity contribution in [3.8, 4) is 11.5 Å². The predicted molar refractivity (Wildman–Crippen MR) is 114 cm³/mol. The summed E-state index contributed by atoms with van der Waals surface area (Å²) in [5, 5.41) is 0. The van der Waals surface area contributed by atoms with Gasteiger partial charge in [0.25, 0.3) is 5.91 Å². The lowest BCUT2D eigenvalue weighted by Gasteiger charge is -2.23. The fourth-order valence-electron chi connectivity index (χ4n) is 3.49. The van der Waals surface area contributed by atoms with E-state index in [1.165, 1.54) is 12.1 Å². The highest BCUT2D eigenvalue weighted by molar-refractivity contribution is 9.10. The molecule has 1 heterocycles. The van der Waals surface area contributed by atoms with Crippen molar-refractivity contribution in [1.82, 2.24) is 9.80 Å². The first-order valence-electron chi connectivity index (χ1n) is 9.78. The Hall–Kier alpha value is -2.12. The highest BCUT2D eigenvalue weighted by atomic mass is 79.9. The molecule has 0 aromatic heterocycles. The standard InChI is InChI=1S/C22H26BrFN2O3/c1-3-29-21-19(23)13-17(14-20(21)28-2)22(27)26-10-4-9-25(11-12-26)15-16-5-7-18(24)8-6-16/h5-8,13-14H,3-4,9-12,15H2,1-2H3. The number of carbonyl (C=O) groups excluding carboxylic acids is 1. The van der Waals surface area contributed by atoms with E-state index in [0.717, 1.165) is 31.6 Å². The monoisotopic (exact) mass is 464 g/mol. The first kappa shape index (κ1) is 21.6. The summed E-state index contributed by atoms with van der Waals surface area (Å²) in [6.45, 7) is 6.19. The van der Waals surface area contributed by atoms with Gasteiger partial charge in [0.05, 0.1) is 18.2 Å². The van der Waals surface area contributed by atoms with Crippen LogP contribution in [0.5, 0.6) is 11.5 Å². The smallest absolute Gasteiger partial charge is 0.254 e. The Morgan fingerprint density at radius 3 is 2.59 bits per heavy atom. The van der Waals surface area contributed by atoms with E-state index in [2.05, 4.69) is 20.8 Å². The third-order valence-electron chi connectivity index (χ3n) is 4.96. The molecule has 0 radical (unpaired) electrons. The SMILES string of the molecule is CCOc1c(Br)cc(C(=O)N2CCCN(Cc3ccc(F)cc3)CC2)cc1OC. The average molecular weight is 465 g/mol. The van der Waals surface area contributed by atoms with Crippen molar-refractivity contribution >= 4 is 21.8 Å². The van der Waals surface area contributed by atoms with Crippen LogP contribution in [0.1, 0.15) is 29.3 Å². The fraction of sp³-hybridized carbons (Fsp3) is 0.409. The summed E-state index contributed by atoms with van der Waals surface area (Å²) in [5.41, 5.74) is 1.65. The highest BCUT2D eigenvalue weighted by Crippen LogP contribution is 2.37. The number of benzene rings is 2. The fourth-order valence-corrected chi connectivity index (χ4v) is 4.05. The maximum absolute atomic E-state index is 13.1. The van der Waals surface area contributed by atoms with E-state index in [4.69, 9.17) is 9.47 Å². The van der Waals surface area contributed by atoms with Crippen LogP contribution in [0, 0.1) is 5.82 Å². The molecule has 1 aliphatic heterocycles. The normalized spacial score (nSPS) is 15.1. The summed E-state index contributed by atoms with van der Waals surface area (Å²) >= 11 is 3.49. The molecule has 156 valence electrons. The lowest BCUT2D eigenvalue weighted by molar-refractivity contribution is 0.0760. The van der Waals surface area contributed by atoms with E-state index in [9.17, 15) is 9.18 Å². The molecule has 0 saturated carbocycles. The molecule has 0 aliphatic carbocycles. The van der Waals surface area contributed by atoms with Crippen LogP contribution in [0.2, 0.25) is 0 Å². The van der Waals surface area contributed by atoms with E-state index < -0.39 is 0 Å². The Labute approximate surface area is 179 Å². The van der Waals surface area contributed by atoms with Gasteiger partial charge in [0, 0.05) is 38.3 Å². The van der Waals surface area contributed by atoms with E-state index in [-0.39, 0.29) is 11.7 Å². The lowest BCUT2D eigenvalue weighted by Crippen LogP contribution is -2.35. The third-order valence-corrected chi connectivity index (χ3v) is 5.55. The van der Waals surface area contributed by atoms with Gasteiger partial charge < -0.3 is 14.4 Å². The second-order valence-corrected chi connectivity index (χ2v) is 7.83. The number of halogens is 2. The van der Waals surface area contributed by atoms with Gasteiger partial charge in [-0.25, -0.2) is 4.39 Å². The Balaban J connectivity index is 1.67. The van der Waals surface area contributed by atoms with Gasteiger partial charge in [-0.05, 0) is 59.1 Å². The number of carbonyl (C=O) groups is 1. The molecule has 0 bridgehead atoms. The molecule has 0 N–H and O–H groups in total. The van der Waals surface area contributed by atoms with Crippen molar-refractivity contribution in [3.63, 3.8) is 0 Å². The van der Waals surface area contributed by atoms with E-state index in [1.54, 1.807) is 19.2 Å². The molecule has 29 heavy (non-hydrogen) atoms. The van der Waals surface area contributed by atoms with E-state index in [1.807, 2.05) is 24.0 Å². The molecule has 1 aliphatic rings. The van der Waals surface area contributed by atoms with Gasteiger partial charge >= 0.3 is 0 Å². The maximum atomic E-state index is 13.1. The summed E-state index contributed by atoms with van der Waals surface area (Å²) in [6, 6.07) is 10.1. The third kappa shape index (κ3) is 5.48. The van der Waals surface area contributed by atoms with E-state index in [0.29, 0.717) is 41.2 Å². The molecule has 7 heteroatoms. The highest BCUT2D eigenvalue weighted by Gasteiger charge is 2.23. The van der Waals surface area contributed by atoms with Crippen molar-refractivity contribution in [1.29, 1.82) is 0 Å². The molecule has 0 atom stereocenters. The first-order chi connectivity index (χ1) is 14.0. The van der Waals surface area contributed by atoms with Crippen molar-refractivity contribution in [3.05, 3.63) is 57.8 Å². The Morgan fingerprint density at radius 2 is 1.90 bits per heavy atom. The summed E-state index contributed by atoms with van der Waals surface area (Å²) in [5.74, 6) is 0.902. The van der Waals surface area contributed by atoms with Gasteiger partial charge in [-0.3, -0.25) is 9.69 Å². The largest absolute Gasteiger partial charge is 0.493 e. The number of ether oxygens (including phenoxy) is 2.